The molecule has 1 N–H and O–H groups in total. The van der Waals surface area contributed by atoms with E-state index in [9.17, 15) is 4.79 Å². The van der Waals surface area contributed by atoms with Crippen LogP contribution in [0, 0.1) is 0 Å². The van der Waals surface area contributed by atoms with Gasteiger partial charge in [-0.25, -0.2) is 4.79 Å². The minimum absolute atomic E-state index is 0.228. The molecular formula is C35H52Cl2N6O4. The highest BCUT2D eigenvalue weighted by Crippen LogP contribution is 2.31. The maximum Gasteiger partial charge on any atom is 0.410 e. The van der Waals surface area contributed by atoms with Crippen molar-refractivity contribution >= 4 is 40.7 Å². The number of benzene rings is 2. The number of carbonyl (C=O) groups is 1. The number of hydrogen-bond acceptors (Lipinski definition) is 9. The quantitative estimate of drug-likeness (QED) is 0.460. The topological polar surface area (TPSA) is 73.0 Å². The Morgan fingerprint density at radius 2 is 1.15 bits per heavy atom. The van der Waals surface area contributed by atoms with Crippen molar-refractivity contribution in [2.24, 2.45) is 0 Å². The molecule has 4 heterocycles. The van der Waals surface area contributed by atoms with Gasteiger partial charge in [0.15, 0.2) is 0 Å². The molecule has 4 aliphatic rings. The van der Waals surface area contributed by atoms with Crippen LogP contribution in [-0.2, 0) is 27.3 Å². The van der Waals surface area contributed by atoms with Gasteiger partial charge in [-0.05, 0) is 45.0 Å². The number of amides is 1. The number of nitrogens with one attached hydrogen (secondary N) is 1. The summed E-state index contributed by atoms with van der Waals surface area (Å²) in [5.41, 5.74) is 4.43. The lowest BCUT2D eigenvalue weighted by molar-refractivity contribution is 0.0139. The van der Waals surface area contributed by atoms with Crippen LogP contribution in [0.4, 0.5) is 16.2 Å². The lowest BCUT2D eigenvalue weighted by Gasteiger charge is -2.37. The predicted molar refractivity (Wildman–Crippen MR) is 190 cm³/mol. The molecule has 10 nitrogen and oxygen atoms in total. The molecule has 0 saturated carbocycles. The third kappa shape index (κ3) is 10.6. The van der Waals surface area contributed by atoms with Crippen LogP contribution in [-0.4, -0.2) is 131 Å². The van der Waals surface area contributed by atoms with E-state index in [4.69, 9.17) is 37.4 Å². The monoisotopic (exact) mass is 690 g/mol. The maximum absolute atomic E-state index is 12.2. The fraction of sp³-hybridized carbons (Fsp3) is 0.629. The van der Waals surface area contributed by atoms with Crippen LogP contribution in [0.5, 0.6) is 0 Å². The average Bonchev–Trinajstić information content (AvgIpc) is 3.08. The first-order chi connectivity index (χ1) is 22.7. The first kappa shape index (κ1) is 36.0. The SMILES string of the molecule is CC(C)(C)OC(=O)N1CCN(Cc2c(Cl)cccc2N2CCOCC2)CC1.Clc1cccc(N2CCOCC2)c1CN1CCNCC1. The van der Waals surface area contributed by atoms with Crippen LogP contribution < -0.4 is 15.1 Å². The molecule has 0 aromatic heterocycles. The Balaban J connectivity index is 0.000000193. The second-order valence-corrected chi connectivity index (χ2v) is 14.3. The molecule has 1 amide bonds. The first-order valence-electron chi connectivity index (χ1n) is 17.0. The van der Waals surface area contributed by atoms with Gasteiger partial charge in [-0.3, -0.25) is 9.80 Å². The standard InChI is InChI=1S/C20H30ClN3O3.C15H22ClN3O/c1-20(2,3)27-19(25)24-9-7-22(8-10-24)15-16-17(21)5-4-6-18(16)23-11-13-26-14-12-23;16-14-2-1-3-15(19-8-10-20-11-9-19)13(14)12-18-6-4-17-5-7-18/h4-6H,7-15H2,1-3H3;1-3,17H,4-12H2. The minimum atomic E-state index is -0.459. The fourth-order valence-electron chi connectivity index (χ4n) is 6.34. The molecule has 0 bridgehead atoms. The molecule has 0 radical (unpaired) electrons. The number of rotatable bonds is 6. The predicted octanol–water partition coefficient (Wildman–Crippen LogP) is 4.81. The Labute approximate surface area is 290 Å². The highest BCUT2D eigenvalue weighted by Gasteiger charge is 2.27. The van der Waals surface area contributed by atoms with Crippen molar-refractivity contribution in [1.29, 1.82) is 0 Å². The number of ether oxygens (including phenoxy) is 3. The van der Waals surface area contributed by atoms with E-state index in [0.29, 0.717) is 13.1 Å². The lowest BCUT2D eigenvalue weighted by atomic mass is 10.1. The normalized spacial score (nSPS) is 20.1. The molecule has 0 spiro atoms. The zero-order valence-electron chi connectivity index (χ0n) is 28.3. The van der Waals surface area contributed by atoms with E-state index in [1.165, 1.54) is 16.9 Å². The van der Waals surface area contributed by atoms with Gasteiger partial charge in [0.05, 0.1) is 26.4 Å². The highest BCUT2D eigenvalue weighted by molar-refractivity contribution is 6.32. The van der Waals surface area contributed by atoms with Crippen molar-refractivity contribution in [3.63, 3.8) is 0 Å². The van der Waals surface area contributed by atoms with Gasteiger partial charge in [0, 0.05) is 124 Å². The summed E-state index contributed by atoms with van der Waals surface area (Å²) in [6, 6.07) is 12.4. The van der Waals surface area contributed by atoms with E-state index >= 15 is 0 Å². The van der Waals surface area contributed by atoms with E-state index in [-0.39, 0.29) is 6.09 Å². The van der Waals surface area contributed by atoms with E-state index in [2.05, 4.69) is 37.0 Å². The number of morpholine rings is 2. The molecule has 4 fully saturated rings. The summed E-state index contributed by atoms with van der Waals surface area (Å²) in [6.45, 7) is 21.5. The van der Waals surface area contributed by atoms with Crippen LogP contribution in [0.2, 0.25) is 10.0 Å². The van der Waals surface area contributed by atoms with Gasteiger partial charge in [0.1, 0.15) is 5.60 Å². The molecule has 0 atom stereocenters. The molecular weight excluding hydrogens is 639 g/mol. The molecule has 260 valence electrons. The van der Waals surface area contributed by atoms with Crippen molar-refractivity contribution in [1.82, 2.24) is 20.0 Å². The summed E-state index contributed by atoms with van der Waals surface area (Å²) in [7, 11) is 0. The maximum atomic E-state index is 12.2. The third-order valence-electron chi connectivity index (χ3n) is 8.89. The second kappa shape index (κ2) is 17.4. The summed E-state index contributed by atoms with van der Waals surface area (Å²) in [5.74, 6) is 0. The molecule has 4 saturated heterocycles. The second-order valence-electron chi connectivity index (χ2n) is 13.4. The smallest absolute Gasteiger partial charge is 0.410 e. The van der Waals surface area contributed by atoms with Gasteiger partial charge in [0.2, 0.25) is 0 Å². The minimum Gasteiger partial charge on any atom is -0.444 e. The first-order valence-corrected chi connectivity index (χ1v) is 17.8. The van der Waals surface area contributed by atoms with Crippen molar-refractivity contribution in [2.75, 3.05) is 115 Å². The Hall–Kier alpha value is -2.31. The molecule has 47 heavy (non-hydrogen) atoms. The molecule has 2 aromatic rings. The van der Waals surface area contributed by atoms with Gasteiger partial charge in [-0.1, -0.05) is 35.3 Å². The number of piperazine rings is 2. The van der Waals surface area contributed by atoms with Crippen LogP contribution in [0.3, 0.4) is 0 Å². The summed E-state index contributed by atoms with van der Waals surface area (Å²) in [5, 5.41) is 5.07. The van der Waals surface area contributed by atoms with Crippen molar-refractivity contribution in [3.8, 4) is 0 Å². The Morgan fingerprint density at radius 3 is 1.60 bits per heavy atom. The van der Waals surface area contributed by atoms with Crippen LogP contribution in [0.15, 0.2) is 36.4 Å². The largest absolute Gasteiger partial charge is 0.444 e. The summed E-state index contributed by atoms with van der Waals surface area (Å²) in [4.78, 5) is 23.6. The van der Waals surface area contributed by atoms with Gasteiger partial charge >= 0.3 is 6.09 Å². The Kier molecular flexibility index (Phi) is 13.3. The van der Waals surface area contributed by atoms with Gasteiger partial charge < -0.3 is 34.2 Å². The molecule has 0 aliphatic carbocycles. The lowest BCUT2D eigenvalue weighted by Crippen LogP contribution is -2.49. The molecule has 0 unspecified atom stereocenters. The number of carbonyl (C=O) groups excluding carboxylic acids is 1. The zero-order chi connectivity index (χ0) is 33.2. The third-order valence-corrected chi connectivity index (χ3v) is 9.60. The number of halogens is 2. The number of hydrogen-bond donors (Lipinski definition) is 1. The van der Waals surface area contributed by atoms with Crippen LogP contribution >= 0.6 is 23.2 Å². The van der Waals surface area contributed by atoms with Gasteiger partial charge in [-0.15, -0.1) is 0 Å². The van der Waals surface area contributed by atoms with Crippen molar-refractivity contribution < 1.29 is 19.0 Å². The molecule has 12 heteroatoms. The summed E-state index contributed by atoms with van der Waals surface area (Å²) in [6.07, 6.45) is -0.228. The Morgan fingerprint density at radius 1 is 0.702 bits per heavy atom. The highest BCUT2D eigenvalue weighted by atomic mass is 35.5. The average molecular weight is 692 g/mol. The summed E-state index contributed by atoms with van der Waals surface area (Å²) < 4.78 is 16.4. The van der Waals surface area contributed by atoms with Gasteiger partial charge in [0.25, 0.3) is 0 Å². The number of nitrogens with zero attached hydrogens (tertiary/aromatic N) is 5. The van der Waals surface area contributed by atoms with E-state index in [1.807, 2.05) is 45.0 Å². The summed E-state index contributed by atoms with van der Waals surface area (Å²) >= 11 is 13.0. The molecule has 2 aromatic carbocycles. The van der Waals surface area contributed by atoms with E-state index in [0.717, 1.165) is 121 Å². The van der Waals surface area contributed by atoms with Crippen molar-refractivity contribution in [3.05, 3.63) is 57.6 Å². The van der Waals surface area contributed by atoms with E-state index < -0.39 is 5.60 Å². The van der Waals surface area contributed by atoms with Crippen LogP contribution in [0.25, 0.3) is 0 Å². The zero-order valence-corrected chi connectivity index (χ0v) is 29.8. The fourth-order valence-corrected chi connectivity index (χ4v) is 6.80. The van der Waals surface area contributed by atoms with Crippen molar-refractivity contribution in [2.45, 2.75) is 39.5 Å². The van der Waals surface area contributed by atoms with E-state index in [1.54, 1.807) is 4.90 Å². The Bertz CT molecular complexity index is 1290. The molecule has 4 aliphatic heterocycles. The number of anilines is 2. The van der Waals surface area contributed by atoms with Gasteiger partial charge in [-0.2, -0.15) is 0 Å². The van der Waals surface area contributed by atoms with Crippen LogP contribution in [0.1, 0.15) is 31.9 Å². The molecule has 6 rings (SSSR count).